The molecule has 0 aliphatic carbocycles. The Labute approximate surface area is 145 Å². The molecular weight excluding hydrogens is 324 g/mol. The van der Waals surface area contributed by atoms with E-state index < -0.39 is 0 Å². The molecule has 0 saturated carbocycles. The van der Waals surface area contributed by atoms with E-state index in [1.165, 1.54) is 14.2 Å². The Balaban J connectivity index is 1.70. The molecule has 0 unspecified atom stereocenters. The van der Waals surface area contributed by atoms with Gasteiger partial charge in [-0.25, -0.2) is 9.97 Å². The molecule has 0 radical (unpaired) electrons. The van der Waals surface area contributed by atoms with Crippen LogP contribution in [0.25, 0.3) is 0 Å². The molecule has 0 spiro atoms. The first-order valence-corrected chi connectivity index (χ1v) is 7.89. The highest BCUT2D eigenvalue weighted by Gasteiger charge is 2.14. The molecule has 2 heterocycles. The maximum absolute atomic E-state index is 12.4. The molecular formula is C17H20N4O4. The van der Waals surface area contributed by atoms with Gasteiger partial charge in [0.25, 0.3) is 5.91 Å². The van der Waals surface area contributed by atoms with E-state index in [0.717, 1.165) is 13.1 Å². The number of carbonyl (C=O) groups is 1. The van der Waals surface area contributed by atoms with Crippen molar-refractivity contribution in [3.05, 3.63) is 36.2 Å². The number of carbonyl (C=O) groups excluding carboxylic acids is 1. The van der Waals surface area contributed by atoms with Gasteiger partial charge in [-0.3, -0.25) is 4.79 Å². The van der Waals surface area contributed by atoms with Crippen LogP contribution in [0.3, 0.4) is 0 Å². The minimum Gasteiger partial charge on any atom is -0.497 e. The lowest BCUT2D eigenvalue weighted by atomic mass is 10.2. The van der Waals surface area contributed by atoms with E-state index in [1.807, 2.05) is 4.90 Å². The minimum atomic E-state index is -0.292. The van der Waals surface area contributed by atoms with Crippen LogP contribution in [0.2, 0.25) is 0 Å². The van der Waals surface area contributed by atoms with Crippen molar-refractivity contribution in [1.29, 1.82) is 0 Å². The molecule has 1 fully saturated rings. The molecule has 1 aromatic heterocycles. The maximum atomic E-state index is 12.4. The van der Waals surface area contributed by atoms with Gasteiger partial charge in [0, 0.05) is 24.7 Å². The van der Waals surface area contributed by atoms with Gasteiger partial charge in [0.2, 0.25) is 5.95 Å². The predicted molar refractivity (Wildman–Crippen MR) is 92.6 cm³/mol. The van der Waals surface area contributed by atoms with Crippen molar-refractivity contribution in [2.75, 3.05) is 50.7 Å². The standard InChI is InChI=1S/C17H20N4O4/c1-23-14-7-12(8-15(9-14)24-2)16(22)20-13-10-18-17(19-11-13)21-3-5-25-6-4-21/h7-11H,3-6H2,1-2H3,(H,20,22). The molecule has 0 atom stereocenters. The van der Waals surface area contributed by atoms with Crippen molar-refractivity contribution < 1.29 is 19.0 Å². The smallest absolute Gasteiger partial charge is 0.256 e. The van der Waals surface area contributed by atoms with Crippen LogP contribution in [-0.4, -0.2) is 56.4 Å². The lowest BCUT2D eigenvalue weighted by Gasteiger charge is -2.26. The monoisotopic (exact) mass is 344 g/mol. The van der Waals surface area contributed by atoms with E-state index in [9.17, 15) is 4.79 Å². The summed E-state index contributed by atoms with van der Waals surface area (Å²) in [4.78, 5) is 23.1. The quantitative estimate of drug-likeness (QED) is 0.881. The highest BCUT2D eigenvalue weighted by Crippen LogP contribution is 2.23. The van der Waals surface area contributed by atoms with Crippen molar-refractivity contribution in [3.63, 3.8) is 0 Å². The van der Waals surface area contributed by atoms with E-state index in [4.69, 9.17) is 14.2 Å². The summed E-state index contributed by atoms with van der Waals surface area (Å²) in [5.74, 6) is 1.43. The fraction of sp³-hybridized carbons (Fsp3) is 0.353. The van der Waals surface area contributed by atoms with E-state index in [-0.39, 0.29) is 5.91 Å². The number of nitrogens with one attached hydrogen (secondary N) is 1. The van der Waals surface area contributed by atoms with Crippen molar-refractivity contribution in [2.24, 2.45) is 0 Å². The Morgan fingerprint density at radius 1 is 1.08 bits per heavy atom. The SMILES string of the molecule is COc1cc(OC)cc(C(=O)Nc2cnc(N3CCOCC3)nc2)c1. The molecule has 1 aliphatic rings. The van der Waals surface area contributed by atoms with Crippen molar-refractivity contribution in [2.45, 2.75) is 0 Å². The van der Waals surface area contributed by atoms with Crippen LogP contribution in [0.15, 0.2) is 30.6 Å². The summed E-state index contributed by atoms with van der Waals surface area (Å²) in [7, 11) is 3.07. The molecule has 3 rings (SSSR count). The average molecular weight is 344 g/mol. The number of morpholine rings is 1. The number of hydrogen-bond acceptors (Lipinski definition) is 7. The van der Waals surface area contributed by atoms with Gasteiger partial charge in [0.15, 0.2) is 0 Å². The van der Waals surface area contributed by atoms with Crippen molar-refractivity contribution in [3.8, 4) is 11.5 Å². The number of benzene rings is 1. The third kappa shape index (κ3) is 4.16. The third-order valence-corrected chi connectivity index (χ3v) is 3.80. The highest BCUT2D eigenvalue weighted by atomic mass is 16.5. The molecule has 1 saturated heterocycles. The van der Waals surface area contributed by atoms with Crippen molar-refractivity contribution in [1.82, 2.24) is 9.97 Å². The molecule has 1 amide bonds. The summed E-state index contributed by atoms with van der Waals surface area (Å²) in [5.41, 5.74) is 0.942. The maximum Gasteiger partial charge on any atom is 0.256 e. The molecule has 25 heavy (non-hydrogen) atoms. The largest absolute Gasteiger partial charge is 0.497 e. The number of rotatable bonds is 5. The fourth-order valence-corrected chi connectivity index (χ4v) is 2.45. The number of nitrogens with zero attached hydrogens (tertiary/aromatic N) is 3. The molecule has 1 N–H and O–H groups in total. The summed E-state index contributed by atoms with van der Waals surface area (Å²) in [6, 6.07) is 4.98. The van der Waals surface area contributed by atoms with Crippen molar-refractivity contribution >= 4 is 17.5 Å². The van der Waals surface area contributed by atoms with E-state index in [0.29, 0.717) is 41.9 Å². The van der Waals surface area contributed by atoms with E-state index >= 15 is 0 Å². The van der Waals surface area contributed by atoms with Gasteiger partial charge in [-0.2, -0.15) is 0 Å². The number of hydrogen-bond donors (Lipinski definition) is 1. The Kier molecular flexibility index (Phi) is 5.30. The molecule has 0 bridgehead atoms. The Morgan fingerprint density at radius 2 is 1.68 bits per heavy atom. The van der Waals surface area contributed by atoms with Crippen LogP contribution in [-0.2, 0) is 4.74 Å². The van der Waals surface area contributed by atoms with E-state index in [2.05, 4.69) is 15.3 Å². The molecule has 8 heteroatoms. The van der Waals surface area contributed by atoms with Gasteiger partial charge in [-0.1, -0.05) is 0 Å². The topological polar surface area (TPSA) is 85.8 Å². The molecule has 1 aromatic carbocycles. The van der Waals surface area contributed by atoms with Gasteiger partial charge in [0.1, 0.15) is 11.5 Å². The fourth-order valence-electron chi connectivity index (χ4n) is 2.45. The predicted octanol–water partition coefficient (Wildman–Crippen LogP) is 1.58. The normalized spacial score (nSPS) is 14.1. The lowest BCUT2D eigenvalue weighted by Crippen LogP contribution is -2.37. The molecule has 132 valence electrons. The number of aromatic nitrogens is 2. The van der Waals surface area contributed by atoms with Crippen LogP contribution in [0.1, 0.15) is 10.4 Å². The lowest BCUT2D eigenvalue weighted by molar-refractivity contribution is 0.102. The first kappa shape index (κ1) is 17.0. The summed E-state index contributed by atoms with van der Waals surface area (Å²) in [5, 5.41) is 2.77. The second-order valence-electron chi connectivity index (χ2n) is 5.43. The van der Waals surface area contributed by atoms with Gasteiger partial charge >= 0.3 is 0 Å². The Bertz CT molecular complexity index is 708. The highest BCUT2D eigenvalue weighted by molar-refractivity contribution is 6.04. The Morgan fingerprint density at radius 3 is 2.24 bits per heavy atom. The van der Waals surface area contributed by atoms with Gasteiger partial charge in [-0.05, 0) is 12.1 Å². The van der Waals surface area contributed by atoms with Gasteiger partial charge in [0.05, 0.1) is 45.5 Å². The van der Waals surface area contributed by atoms with Gasteiger partial charge < -0.3 is 24.4 Å². The second-order valence-corrected chi connectivity index (χ2v) is 5.43. The summed E-state index contributed by atoms with van der Waals surface area (Å²) in [6.45, 7) is 2.85. The van der Waals surface area contributed by atoms with Crippen LogP contribution >= 0.6 is 0 Å². The van der Waals surface area contributed by atoms with Crippen LogP contribution in [0, 0.1) is 0 Å². The number of ether oxygens (including phenoxy) is 3. The first-order valence-electron chi connectivity index (χ1n) is 7.89. The molecule has 1 aliphatic heterocycles. The van der Waals surface area contributed by atoms with Crippen LogP contribution in [0.5, 0.6) is 11.5 Å². The second kappa shape index (κ2) is 7.80. The average Bonchev–Trinajstić information content (AvgIpc) is 2.68. The van der Waals surface area contributed by atoms with E-state index in [1.54, 1.807) is 30.6 Å². The third-order valence-electron chi connectivity index (χ3n) is 3.80. The van der Waals surface area contributed by atoms with Crippen LogP contribution in [0.4, 0.5) is 11.6 Å². The molecule has 8 nitrogen and oxygen atoms in total. The Hall–Kier alpha value is -2.87. The zero-order chi connectivity index (χ0) is 17.6. The first-order chi connectivity index (χ1) is 12.2. The summed E-state index contributed by atoms with van der Waals surface area (Å²) >= 11 is 0. The zero-order valence-electron chi connectivity index (χ0n) is 14.2. The number of amides is 1. The number of anilines is 2. The zero-order valence-corrected chi connectivity index (χ0v) is 14.2. The number of methoxy groups -OCH3 is 2. The van der Waals surface area contributed by atoms with Gasteiger partial charge in [-0.15, -0.1) is 0 Å². The summed E-state index contributed by atoms with van der Waals surface area (Å²) < 4.78 is 15.7. The summed E-state index contributed by atoms with van der Waals surface area (Å²) in [6.07, 6.45) is 3.18. The minimum absolute atomic E-state index is 0.292. The van der Waals surface area contributed by atoms with Crippen LogP contribution < -0.4 is 19.7 Å². The molecule has 2 aromatic rings.